The number of amides is 2. The Kier molecular flexibility index (Phi) is 9.62. The monoisotopic (exact) mass is 349 g/mol. The fourth-order valence-corrected chi connectivity index (χ4v) is 2.53. The summed E-state index contributed by atoms with van der Waals surface area (Å²) >= 11 is 0. The number of esters is 1. The highest BCUT2D eigenvalue weighted by atomic mass is 16.5. The third kappa shape index (κ3) is 8.03. The van der Waals surface area contributed by atoms with Crippen LogP contribution in [-0.4, -0.2) is 49.2 Å². The topological polar surface area (TPSA) is 70.7 Å². The molecule has 25 heavy (non-hydrogen) atoms. The van der Waals surface area contributed by atoms with Crippen LogP contribution in [0, 0.1) is 0 Å². The molecule has 0 bridgehead atoms. The van der Waals surface area contributed by atoms with Gasteiger partial charge in [-0.25, -0.2) is 9.59 Å². The molecule has 0 aliphatic heterocycles. The van der Waals surface area contributed by atoms with Gasteiger partial charge in [0.05, 0.1) is 12.2 Å². The van der Waals surface area contributed by atoms with Gasteiger partial charge in [-0.2, -0.15) is 0 Å². The molecular weight excluding hydrogens is 318 g/mol. The molecule has 140 valence electrons. The van der Waals surface area contributed by atoms with Crippen LogP contribution in [0.4, 0.5) is 10.5 Å². The molecule has 1 aromatic rings. The molecule has 6 heteroatoms. The summed E-state index contributed by atoms with van der Waals surface area (Å²) in [6.07, 6.45) is 1.99. The first-order valence-corrected chi connectivity index (χ1v) is 9.07. The van der Waals surface area contributed by atoms with E-state index in [4.69, 9.17) is 4.74 Å². The minimum absolute atomic E-state index is 0.106. The standard InChI is InChI=1S/C19H31N3O3/c1-5-22(6-2)14-8-9-15(4)20-19(24)21-17-12-10-16(11-13-17)18(23)25-7-3/h10-13,15H,5-9,14H2,1-4H3,(H2,20,21,24). The van der Waals surface area contributed by atoms with Gasteiger partial charge in [0, 0.05) is 11.7 Å². The molecule has 0 saturated heterocycles. The molecule has 1 unspecified atom stereocenters. The van der Waals surface area contributed by atoms with Crippen molar-refractivity contribution in [1.29, 1.82) is 0 Å². The van der Waals surface area contributed by atoms with E-state index in [9.17, 15) is 9.59 Å². The number of benzene rings is 1. The Labute approximate surface area is 150 Å². The van der Waals surface area contributed by atoms with Crippen LogP contribution in [-0.2, 0) is 4.74 Å². The first-order valence-electron chi connectivity index (χ1n) is 9.07. The van der Waals surface area contributed by atoms with Gasteiger partial charge in [0.25, 0.3) is 0 Å². The number of hydrogen-bond acceptors (Lipinski definition) is 4. The maximum Gasteiger partial charge on any atom is 0.338 e. The van der Waals surface area contributed by atoms with Crippen LogP contribution in [0.5, 0.6) is 0 Å². The van der Waals surface area contributed by atoms with E-state index < -0.39 is 0 Å². The maximum atomic E-state index is 12.0. The molecule has 0 fully saturated rings. The summed E-state index contributed by atoms with van der Waals surface area (Å²) in [6, 6.07) is 6.53. The smallest absolute Gasteiger partial charge is 0.338 e. The van der Waals surface area contributed by atoms with Crippen LogP contribution in [0.15, 0.2) is 24.3 Å². The number of nitrogens with zero attached hydrogens (tertiary/aromatic N) is 1. The van der Waals surface area contributed by atoms with E-state index in [0.717, 1.165) is 32.5 Å². The molecule has 6 nitrogen and oxygen atoms in total. The molecular formula is C19H31N3O3. The van der Waals surface area contributed by atoms with Gasteiger partial charge in [-0.3, -0.25) is 0 Å². The van der Waals surface area contributed by atoms with E-state index in [1.807, 2.05) is 6.92 Å². The number of urea groups is 1. The zero-order chi connectivity index (χ0) is 18.7. The van der Waals surface area contributed by atoms with Crippen molar-refractivity contribution in [3.63, 3.8) is 0 Å². The highest BCUT2D eigenvalue weighted by Crippen LogP contribution is 2.11. The number of carbonyl (C=O) groups is 2. The van der Waals surface area contributed by atoms with Gasteiger partial charge in [0.2, 0.25) is 0 Å². The van der Waals surface area contributed by atoms with E-state index >= 15 is 0 Å². The minimum atomic E-state index is -0.361. The summed E-state index contributed by atoms with van der Waals surface area (Å²) in [5.74, 6) is -0.361. The summed E-state index contributed by atoms with van der Waals surface area (Å²) in [5.41, 5.74) is 1.11. The lowest BCUT2D eigenvalue weighted by Crippen LogP contribution is -2.36. The fraction of sp³-hybridized carbons (Fsp3) is 0.579. The Morgan fingerprint density at radius 1 is 1.12 bits per heavy atom. The molecule has 0 heterocycles. The van der Waals surface area contributed by atoms with E-state index in [1.165, 1.54) is 0 Å². The summed E-state index contributed by atoms with van der Waals surface area (Å²) < 4.78 is 4.93. The molecule has 1 aromatic carbocycles. The van der Waals surface area contributed by atoms with Gasteiger partial charge in [-0.1, -0.05) is 13.8 Å². The minimum Gasteiger partial charge on any atom is -0.462 e. The Hall–Kier alpha value is -2.08. The second-order valence-corrected chi connectivity index (χ2v) is 5.97. The second-order valence-electron chi connectivity index (χ2n) is 5.97. The normalized spacial score (nSPS) is 11.9. The van der Waals surface area contributed by atoms with E-state index in [1.54, 1.807) is 31.2 Å². The third-order valence-electron chi connectivity index (χ3n) is 4.04. The number of rotatable bonds is 10. The van der Waals surface area contributed by atoms with Crippen molar-refractivity contribution in [2.24, 2.45) is 0 Å². The molecule has 1 atom stereocenters. The van der Waals surface area contributed by atoms with Crippen molar-refractivity contribution in [2.45, 2.75) is 46.6 Å². The number of carbonyl (C=O) groups excluding carboxylic acids is 2. The molecule has 2 amide bonds. The Morgan fingerprint density at radius 3 is 2.32 bits per heavy atom. The van der Waals surface area contributed by atoms with Crippen LogP contribution in [0.1, 0.15) is 50.9 Å². The lowest BCUT2D eigenvalue weighted by Gasteiger charge is -2.20. The average Bonchev–Trinajstić information content (AvgIpc) is 2.59. The molecule has 0 saturated carbocycles. The van der Waals surface area contributed by atoms with Crippen molar-refractivity contribution in [3.05, 3.63) is 29.8 Å². The highest BCUT2D eigenvalue weighted by molar-refractivity contribution is 5.92. The predicted molar refractivity (Wildman–Crippen MR) is 101 cm³/mol. The van der Waals surface area contributed by atoms with Crippen LogP contribution in [0.25, 0.3) is 0 Å². The molecule has 0 aromatic heterocycles. The number of anilines is 1. The molecule has 0 radical (unpaired) electrons. The van der Waals surface area contributed by atoms with Crippen molar-refractivity contribution in [3.8, 4) is 0 Å². The van der Waals surface area contributed by atoms with Gasteiger partial charge in [0.15, 0.2) is 0 Å². The Bertz CT molecular complexity index is 527. The van der Waals surface area contributed by atoms with Crippen molar-refractivity contribution < 1.29 is 14.3 Å². The quantitative estimate of drug-likeness (QED) is 0.634. The predicted octanol–water partition coefficient (Wildman–Crippen LogP) is 3.50. The first kappa shape index (κ1) is 21.0. The van der Waals surface area contributed by atoms with Crippen LogP contribution in [0.2, 0.25) is 0 Å². The lowest BCUT2D eigenvalue weighted by atomic mass is 10.2. The van der Waals surface area contributed by atoms with Gasteiger partial charge in [-0.05, 0) is 70.6 Å². The van der Waals surface area contributed by atoms with E-state index in [0.29, 0.717) is 17.9 Å². The summed E-state index contributed by atoms with van der Waals surface area (Å²) in [4.78, 5) is 26.0. The molecule has 0 aliphatic rings. The average molecular weight is 349 g/mol. The van der Waals surface area contributed by atoms with Gasteiger partial charge in [0.1, 0.15) is 0 Å². The number of hydrogen-bond donors (Lipinski definition) is 2. The van der Waals surface area contributed by atoms with E-state index in [-0.39, 0.29) is 18.0 Å². The molecule has 2 N–H and O–H groups in total. The van der Waals surface area contributed by atoms with E-state index in [2.05, 4.69) is 29.4 Å². The van der Waals surface area contributed by atoms with Gasteiger partial charge >= 0.3 is 12.0 Å². The number of ether oxygens (including phenoxy) is 1. The first-order chi connectivity index (χ1) is 12.0. The third-order valence-corrected chi connectivity index (χ3v) is 4.04. The summed E-state index contributed by atoms with van der Waals surface area (Å²) in [5, 5.41) is 5.72. The Balaban J connectivity index is 2.37. The van der Waals surface area contributed by atoms with Gasteiger partial charge < -0.3 is 20.3 Å². The largest absolute Gasteiger partial charge is 0.462 e. The van der Waals surface area contributed by atoms with Crippen LogP contribution < -0.4 is 10.6 Å². The summed E-state index contributed by atoms with van der Waals surface area (Å²) in [6.45, 7) is 11.6. The molecule has 0 aliphatic carbocycles. The van der Waals surface area contributed by atoms with Crippen molar-refractivity contribution in [1.82, 2.24) is 10.2 Å². The zero-order valence-corrected chi connectivity index (χ0v) is 15.8. The maximum absolute atomic E-state index is 12.0. The van der Waals surface area contributed by atoms with Crippen molar-refractivity contribution >= 4 is 17.7 Å². The zero-order valence-electron chi connectivity index (χ0n) is 15.8. The fourth-order valence-electron chi connectivity index (χ4n) is 2.53. The lowest BCUT2D eigenvalue weighted by molar-refractivity contribution is 0.0526. The number of nitrogens with one attached hydrogen (secondary N) is 2. The highest BCUT2D eigenvalue weighted by Gasteiger charge is 2.10. The second kappa shape index (κ2) is 11.5. The van der Waals surface area contributed by atoms with Crippen LogP contribution in [0.3, 0.4) is 0 Å². The Morgan fingerprint density at radius 2 is 1.76 bits per heavy atom. The summed E-state index contributed by atoms with van der Waals surface area (Å²) in [7, 11) is 0. The molecule has 1 rings (SSSR count). The SMILES string of the molecule is CCOC(=O)c1ccc(NC(=O)NC(C)CCCN(CC)CC)cc1. The van der Waals surface area contributed by atoms with Crippen LogP contribution >= 0.6 is 0 Å². The van der Waals surface area contributed by atoms with Crippen molar-refractivity contribution in [2.75, 3.05) is 31.6 Å². The van der Waals surface area contributed by atoms with Gasteiger partial charge in [-0.15, -0.1) is 0 Å². The molecule has 0 spiro atoms.